The molecule has 1 fully saturated rings. The summed E-state index contributed by atoms with van der Waals surface area (Å²) < 4.78 is 0. The maximum Gasteiger partial charge on any atom is 0.222 e. The van der Waals surface area contributed by atoms with E-state index in [2.05, 4.69) is 65.9 Å². The number of likely N-dealkylation sites (tertiary alicyclic amines) is 1. The summed E-state index contributed by atoms with van der Waals surface area (Å²) in [4.78, 5) is 20.9. The summed E-state index contributed by atoms with van der Waals surface area (Å²) >= 11 is 1.85. The molecule has 1 aromatic heterocycles. The summed E-state index contributed by atoms with van der Waals surface area (Å²) in [6.07, 6.45) is 2.65. The van der Waals surface area contributed by atoms with Crippen molar-refractivity contribution in [3.05, 3.63) is 57.3 Å². The van der Waals surface area contributed by atoms with Gasteiger partial charge in [0.05, 0.1) is 0 Å². The van der Waals surface area contributed by atoms with E-state index in [1.54, 1.807) is 7.05 Å². The molecule has 150 valence electrons. The molecule has 1 unspecified atom stereocenters. The van der Waals surface area contributed by atoms with E-state index < -0.39 is 0 Å². The van der Waals surface area contributed by atoms with E-state index in [0.29, 0.717) is 25.6 Å². The molecular formula is C22H30N4OS. The van der Waals surface area contributed by atoms with Gasteiger partial charge >= 0.3 is 0 Å². The third-order valence-corrected chi connectivity index (χ3v) is 5.93. The predicted molar refractivity (Wildman–Crippen MR) is 117 cm³/mol. The van der Waals surface area contributed by atoms with Gasteiger partial charge in [0.2, 0.25) is 5.91 Å². The van der Waals surface area contributed by atoms with Gasteiger partial charge in [0.25, 0.3) is 0 Å². The average Bonchev–Trinajstić information content (AvgIpc) is 3.27. The van der Waals surface area contributed by atoms with Crippen LogP contribution in [0.5, 0.6) is 0 Å². The number of hydrogen-bond acceptors (Lipinski definition) is 3. The first-order valence-corrected chi connectivity index (χ1v) is 10.7. The fourth-order valence-corrected chi connectivity index (χ4v) is 4.51. The van der Waals surface area contributed by atoms with Crippen molar-refractivity contribution >= 4 is 23.2 Å². The highest BCUT2D eigenvalue weighted by Gasteiger charge is 2.19. The van der Waals surface area contributed by atoms with Crippen LogP contribution in [-0.2, 0) is 24.3 Å². The van der Waals surface area contributed by atoms with Gasteiger partial charge < -0.3 is 15.5 Å². The Morgan fingerprint density at radius 3 is 2.79 bits per heavy atom. The van der Waals surface area contributed by atoms with Gasteiger partial charge in [0, 0.05) is 55.3 Å². The second kappa shape index (κ2) is 9.73. The number of rotatable bonds is 7. The van der Waals surface area contributed by atoms with Crippen molar-refractivity contribution < 1.29 is 4.79 Å². The molecule has 1 aliphatic rings. The summed E-state index contributed by atoms with van der Waals surface area (Å²) in [6.45, 7) is 6.60. The van der Waals surface area contributed by atoms with Crippen LogP contribution in [-0.4, -0.2) is 36.4 Å². The van der Waals surface area contributed by atoms with Gasteiger partial charge in [-0.15, -0.1) is 11.3 Å². The van der Waals surface area contributed by atoms with Crippen LogP contribution in [0.3, 0.4) is 0 Å². The average molecular weight is 399 g/mol. The van der Waals surface area contributed by atoms with Crippen molar-refractivity contribution in [1.29, 1.82) is 0 Å². The second-order valence-corrected chi connectivity index (χ2v) is 8.80. The molecule has 2 N–H and O–H groups in total. The molecule has 1 atom stereocenters. The molecule has 0 spiro atoms. The molecule has 0 saturated carbocycles. The van der Waals surface area contributed by atoms with Gasteiger partial charge in [0.15, 0.2) is 5.96 Å². The number of benzene rings is 1. The number of nitrogens with zero attached hydrogens (tertiary/aromatic N) is 2. The highest BCUT2D eigenvalue weighted by molar-refractivity contribution is 7.11. The number of nitrogens with one attached hydrogen (secondary N) is 2. The molecule has 0 aliphatic carbocycles. The van der Waals surface area contributed by atoms with Crippen molar-refractivity contribution in [1.82, 2.24) is 15.5 Å². The highest BCUT2D eigenvalue weighted by atomic mass is 32.1. The number of hydrogen-bond donors (Lipinski definition) is 2. The number of aliphatic imine (C=N–C) groups is 1. The lowest BCUT2D eigenvalue weighted by molar-refractivity contribution is -0.128. The minimum atomic E-state index is 0.267. The summed E-state index contributed by atoms with van der Waals surface area (Å²) in [5.74, 6) is 1.07. The molecule has 1 aromatic carbocycles. The van der Waals surface area contributed by atoms with Crippen LogP contribution in [0.2, 0.25) is 0 Å². The Balaban J connectivity index is 1.50. The molecule has 6 heteroatoms. The van der Waals surface area contributed by atoms with Crippen molar-refractivity contribution in [3.8, 4) is 0 Å². The summed E-state index contributed by atoms with van der Waals surface area (Å²) in [7, 11) is 1.80. The van der Waals surface area contributed by atoms with Crippen molar-refractivity contribution in [2.75, 3.05) is 13.6 Å². The SMILES string of the molecule is CN=C(NCc1cccc(CN2CCCC2=O)c1)NC(C)Cc1ccc(C)s1. The lowest BCUT2D eigenvalue weighted by Gasteiger charge is -2.18. The highest BCUT2D eigenvalue weighted by Crippen LogP contribution is 2.17. The fourth-order valence-electron chi connectivity index (χ4n) is 3.49. The Bertz CT molecular complexity index is 829. The lowest BCUT2D eigenvalue weighted by Crippen LogP contribution is -2.42. The van der Waals surface area contributed by atoms with E-state index in [1.165, 1.54) is 20.9 Å². The molecule has 3 rings (SSSR count). The third-order valence-electron chi connectivity index (χ3n) is 4.91. The number of thiophene rings is 1. The lowest BCUT2D eigenvalue weighted by atomic mass is 10.1. The standard InChI is InChI=1S/C22H30N4OS/c1-16(12-20-10-9-17(2)28-20)25-22(23-3)24-14-18-6-4-7-19(13-18)15-26-11-5-8-21(26)27/h4,6-7,9-10,13,16H,5,8,11-12,14-15H2,1-3H3,(H2,23,24,25). The van der Waals surface area contributed by atoms with Crippen molar-refractivity contribution in [2.45, 2.75) is 52.2 Å². The zero-order valence-electron chi connectivity index (χ0n) is 17.0. The predicted octanol–water partition coefficient (Wildman–Crippen LogP) is 3.48. The van der Waals surface area contributed by atoms with E-state index >= 15 is 0 Å². The number of amides is 1. The maximum absolute atomic E-state index is 11.8. The van der Waals surface area contributed by atoms with Crippen LogP contribution in [0.25, 0.3) is 0 Å². The van der Waals surface area contributed by atoms with Crippen LogP contribution >= 0.6 is 11.3 Å². The minimum Gasteiger partial charge on any atom is -0.354 e. The maximum atomic E-state index is 11.8. The van der Waals surface area contributed by atoms with E-state index in [0.717, 1.165) is 25.3 Å². The molecule has 2 aromatic rings. The van der Waals surface area contributed by atoms with Gasteiger partial charge in [-0.05, 0) is 43.5 Å². The van der Waals surface area contributed by atoms with Gasteiger partial charge in [0.1, 0.15) is 0 Å². The smallest absolute Gasteiger partial charge is 0.222 e. The van der Waals surface area contributed by atoms with E-state index in [1.807, 2.05) is 16.2 Å². The molecule has 0 bridgehead atoms. The summed E-state index contributed by atoms with van der Waals surface area (Å²) in [5.41, 5.74) is 2.37. The largest absolute Gasteiger partial charge is 0.354 e. The minimum absolute atomic E-state index is 0.267. The van der Waals surface area contributed by atoms with E-state index in [4.69, 9.17) is 0 Å². The first kappa shape index (κ1) is 20.4. The molecule has 0 radical (unpaired) electrons. The molecule has 1 amide bonds. The molecule has 1 aliphatic heterocycles. The zero-order chi connectivity index (χ0) is 19.9. The Labute approximate surface area is 171 Å². The number of carbonyl (C=O) groups is 1. The van der Waals surface area contributed by atoms with E-state index in [-0.39, 0.29) is 5.91 Å². The number of carbonyl (C=O) groups excluding carboxylic acids is 1. The van der Waals surface area contributed by atoms with Crippen molar-refractivity contribution in [2.24, 2.45) is 4.99 Å². The van der Waals surface area contributed by atoms with Gasteiger partial charge in [-0.1, -0.05) is 24.3 Å². The van der Waals surface area contributed by atoms with Crippen molar-refractivity contribution in [3.63, 3.8) is 0 Å². The summed E-state index contributed by atoms with van der Waals surface area (Å²) in [6, 6.07) is 13.1. The second-order valence-electron chi connectivity index (χ2n) is 7.43. The van der Waals surface area contributed by atoms with Crippen LogP contribution in [0, 0.1) is 6.92 Å². The topological polar surface area (TPSA) is 56.7 Å². The first-order valence-electron chi connectivity index (χ1n) is 9.91. The molecule has 1 saturated heterocycles. The van der Waals surface area contributed by atoms with Crippen LogP contribution < -0.4 is 10.6 Å². The van der Waals surface area contributed by atoms with E-state index in [9.17, 15) is 4.79 Å². The number of guanidine groups is 1. The summed E-state index contributed by atoms with van der Waals surface area (Å²) in [5, 5.41) is 6.87. The molecule has 5 nitrogen and oxygen atoms in total. The zero-order valence-corrected chi connectivity index (χ0v) is 17.8. The van der Waals surface area contributed by atoms with Gasteiger partial charge in [-0.25, -0.2) is 0 Å². The van der Waals surface area contributed by atoms with Crippen LogP contribution in [0.4, 0.5) is 0 Å². The Kier molecular flexibility index (Phi) is 7.09. The van der Waals surface area contributed by atoms with Gasteiger partial charge in [-0.2, -0.15) is 0 Å². The quantitative estimate of drug-likeness (QED) is 0.555. The van der Waals surface area contributed by atoms with Gasteiger partial charge in [-0.3, -0.25) is 9.79 Å². The Morgan fingerprint density at radius 1 is 1.29 bits per heavy atom. The fraction of sp³-hybridized carbons (Fsp3) is 0.455. The number of aryl methyl sites for hydroxylation is 1. The molecular weight excluding hydrogens is 368 g/mol. The van der Waals surface area contributed by atoms with Crippen LogP contribution in [0.1, 0.15) is 40.6 Å². The first-order chi connectivity index (χ1) is 13.5. The Morgan fingerprint density at radius 2 is 2.11 bits per heavy atom. The monoisotopic (exact) mass is 398 g/mol. The third kappa shape index (κ3) is 5.83. The normalized spacial score (nSPS) is 15.8. The Hall–Kier alpha value is -2.34. The van der Waals surface area contributed by atoms with Crippen LogP contribution in [0.15, 0.2) is 41.4 Å². The molecule has 2 heterocycles. The molecule has 28 heavy (non-hydrogen) atoms.